The normalized spacial score (nSPS) is 23.9. The third-order valence-electron chi connectivity index (χ3n) is 3.36. The Hall–Kier alpha value is -0.123. The Labute approximate surface area is 94.8 Å². The Balaban J connectivity index is 2.59. The third-order valence-corrected chi connectivity index (χ3v) is 7.87. The molecule has 1 atom stereocenters. The molecule has 0 radical (unpaired) electrons. The van der Waals surface area contributed by atoms with Crippen molar-refractivity contribution in [3.63, 3.8) is 0 Å². The molecule has 0 bridgehead atoms. The zero-order chi connectivity index (χ0) is 11.5. The van der Waals surface area contributed by atoms with E-state index >= 15 is 0 Å². The fourth-order valence-corrected chi connectivity index (χ4v) is 2.61. The fraction of sp³-hybridized carbons (Fsp3) is 0.833. The summed E-state index contributed by atoms with van der Waals surface area (Å²) < 4.78 is 11.7. The highest BCUT2D eigenvalue weighted by Gasteiger charge is 2.38. The van der Waals surface area contributed by atoms with Crippen molar-refractivity contribution in [2.45, 2.75) is 51.4 Å². The average Bonchev–Trinajstić information content (AvgIpc) is 2.30. The first kappa shape index (κ1) is 12.9. The number of hydrogen-bond acceptors (Lipinski definition) is 2. The maximum atomic E-state index is 6.30. The van der Waals surface area contributed by atoms with Crippen molar-refractivity contribution in [3.8, 4) is 0 Å². The average molecular weight is 228 g/mol. The monoisotopic (exact) mass is 228 g/mol. The Morgan fingerprint density at radius 1 is 1.33 bits per heavy atom. The second-order valence-corrected chi connectivity index (χ2v) is 10.5. The van der Waals surface area contributed by atoms with Crippen molar-refractivity contribution in [3.05, 3.63) is 12.2 Å². The molecule has 0 aromatic carbocycles. The summed E-state index contributed by atoms with van der Waals surface area (Å²) in [7, 11) is -1.62. The molecule has 0 saturated heterocycles. The van der Waals surface area contributed by atoms with Gasteiger partial charge in [0.25, 0.3) is 0 Å². The minimum atomic E-state index is -1.62. The van der Waals surface area contributed by atoms with Crippen molar-refractivity contribution >= 4 is 8.32 Å². The lowest BCUT2D eigenvalue weighted by molar-refractivity contribution is 0.130. The van der Waals surface area contributed by atoms with Gasteiger partial charge in [0.05, 0.1) is 12.7 Å². The molecule has 0 N–H and O–H groups in total. The zero-order valence-corrected chi connectivity index (χ0v) is 11.7. The molecule has 2 nitrogen and oxygen atoms in total. The van der Waals surface area contributed by atoms with Crippen LogP contribution in [-0.4, -0.2) is 27.6 Å². The first-order chi connectivity index (χ1) is 6.83. The van der Waals surface area contributed by atoms with Gasteiger partial charge in [0.15, 0.2) is 8.32 Å². The molecule has 0 amide bonds. The number of hydrogen-bond donors (Lipinski definition) is 0. The summed E-state index contributed by atoms with van der Waals surface area (Å²) in [6.45, 7) is 13.0. The van der Waals surface area contributed by atoms with Crippen LogP contribution < -0.4 is 0 Å². The van der Waals surface area contributed by atoms with E-state index in [1.54, 1.807) is 0 Å². The van der Waals surface area contributed by atoms with Crippen LogP contribution >= 0.6 is 0 Å². The lowest BCUT2D eigenvalue weighted by Gasteiger charge is -2.38. The van der Waals surface area contributed by atoms with E-state index in [1.807, 2.05) is 0 Å². The highest BCUT2D eigenvalue weighted by molar-refractivity contribution is 6.74. The summed E-state index contributed by atoms with van der Waals surface area (Å²) in [5, 5.41) is 0.286. The molecular weight excluding hydrogens is 204 g/mol. The van der Waals surface area contributed by atoms with E-state index in [0.717, 1.165) is 19.6 Å². The molecule has 15 heavy (non-hydrogen) atoms. The highest BCUT2D eigenvalue weighted by Crippen LogP contribution is 2.37. The van der Waals surface area contributed by atoms with Crippen LogP contribution in [0.1, 0.15) is 27.2 Å². The Morgan fingerprint density at radius 3 is 2.60 bits per heavy atom. The first-order valence-corrected chi connectivity index (χ1v) is 8.66. The number of ether oxygens (including phenoxy) is 1. The maximum absolute atomic E-state index is 6.30. The predicted octanol–water partition coefficient (Wildman–Crippen LogP) is 3.35. The van der Waals surface area contributed by atoms with Gasteiger partial charge in [-0.2, -0.15) is 0 Å². The van der Waals surface area contributed by atoms with Gasteiger partial charge < -0.3 is 9.16 Å². The van der Waals surface area contributed by atoms with Crippen LogP contribution in [0.3, 0.4) is 0 Å². The maximum Gasteiger partial charge on any atom is 0.192 e. The molecule has 0 fully saturated rings. The third kappa shape index (κ3) is 3.74. The molecule has 0 spiro atoms. The van der Waals surface area contributed by atoms with Gasteiger partial charge in [-0.3, -0.25) is 0 Å². The van der Waals surface area contributed by atoms with Gasteiger partial charge in [0.1, 0.15) is 0 Å². The van der Waals surface area contributed by atoms with E-state index in [4.69, 9.17) is 9.16 Å². The van der Waals surface area contributed by atoms with Crippen molar-refractivity contribution in [1.29, 1.82) is 0 Å². The van der Waals surface area contributed by atoms with E-state index in [1.165, 1.54) is 0 Å². The van der Waals surface area contributed by atoms with Gasteiger partial charge in [-0.05, 0) is 24.6 Å². The summed E-state index contributed by atoms with van der Waals surface area (Å²) in [5.41, 5.74) is 0. The van der Waals surface area contributed by atoms with E-state index in [0.29, 0.717) is 0 Å². The Kier molecular flexibility index (Phi) is 4.15. The lowest BCUT2D eigenvalue weighted by atomic mass is 10.2. The summed E-state index contributed by atoms with van der Waals surface area (Å²) in [6, 6.07) is 0. The molecule has 0 saturated carbocycles. The Morgan fingerprint density at radius 2 is 2.00 bits per heavy atom. The quantitative estimate of drug-likeness (QED) is 0.533. The van der Waals surface area contributed by atoms with Crippen molar-refractivity contribution in [1.82, 2.24) is 0 Å². The van der Waals surface area contributed by atoms with E-state index in [2.05, 4.69) is 46.0 Å². The van der Waals surface area contributed by atoms with E-state index in [9.17, 15) is 0 Å². The van der Waals surface area contributed by atoms with Gasteiger partial charge in [0.2, 0.25) is 0 Å². The molecule has 0 aliphatic carbocycles. The number of rotatable bonds is 2. The SMILES string of the molecule is CC(C)(C)[Si](C)(C)O[C@H]1C=CCOCC1. The van der Waals surface area contributed by atoms with Crippen LogP contribution in [0.4, 0.5) is 0 Å². The van der Waals surface area contributed by atoms with Gasteiger partial charge >= 0.3 is 0 Å². The fourth-order valence-electron chi connectivity index (χ4n) is 1.31. The molecule has 1 heterocycles. The zero-order valence-electron chi connectivity index (χ0n) is 10.7. The first-order valence-electron chi connectivity index (χ1n) is 5.75. The van der Waals surface area contributed by atoms with Gasteiger partial charge in [-0.15, -0.1) is 0 Å². The smallest absolute Gasteiger partial charge is 0.192 e. The van der Waals surface area contributed by atoms with Crippen molar-refractivity contribution in [2.75, 3.05) is 13.2 Å². The van der Waals surface area contributed by atoms with Crippen LogP contribution in [-0.2, 0) is 9.16 Å². The second kappa shape index (κ2) is 4.81. The van der Waals surface area contributed by atoms with Gasteiger partial charge in [0, 0.05) is 6.61 Å². The lowest BCUT2D eigenvalue weighted by Crippen LogP contribution is -2.43. The van der Waals surface area contributed by atoms with Gasteiger partial charge in [-0.1, -0.05) is 32.9 Å². The molecule has 1 aliphatic rings. The summed E-state index contributed by atoms with van der Waals surface area (Å²) in [5.74, 6) is 0. The summed E-state index contributed by atoms with van der Waals surface area (Å²) in [6.07, 6.45) is 5.48. The van der Waals surface area contributed by atoms with E-state index in [-0.39, 0.29) is 11.1 Å². The molecule has 0 unspecified atom stereocenters. The van der Waals surface area contributed by atoms with Crippen molar-refractivity contribution in [2.24, 2.45) is 0 Å². The highest BCUT2D eigenvalue weighted by atomic mass is 28.4. The van der Waals surface area contributed by atoms with Crippen LogP contribution in [0, 0.1) is 0 Å². The van der Waals surface area contributed by atoms with Crippen LogP contribution in [0.2, 0.25) is 18.1 Å². The van der Waals surface area contributed by atoms with Gasteiger partial charge in [-0.25, -0.2) is 0 Å². The minimum Gasteiger partial charge on any atom is -0.410 e. The summed E-state index contributed by atoms with van der Waals surface area (Å²) in [4.78, 5) is 0. The molecular formula is C12H24O2Si. The molecule has 0 aromatic heterocycles. The molecule has 0 aromatic rings. The molecule has 88 valence electrons. The standard InChI is InChI=1S/C12H24O2Si/c1-12(2,3)15(4,5)14-11-7-6-9-13-10-8-11/h6-7,11H,8-10H2,1-5H3/t11-/m0/s1. The Bertz CT molecular complexity index is 228. The molecule has 3 heteroatoms. The van der Waals surface area contributed by atoms with Crippen LogP contribution in [0.15, 0.2) is 12.2 Å². The summed E-state index contributed by atoms with van der Waals surface area (Å²) >= 11 is 0. The van der Waals surface area contributed by atoms with Crippen molar-refractivity contribution < 1.29 is 9.16 Å². The predicted molar refractivity (Wildman–Crippen MR) is 66.6 cm³/mol. The minimum absolute atomic E-state index is 0.258. The van der Waals surface area contributed by atoms with E-state index < -0.39 is 8.32 Å². The largest absolute Gasteiger partial charge is 0.410 e. The second-order valence-electron chi connectivity index (χ2n) is 5.71. The topological polar surface area (TPSA) is 18.5 Å². The van der Waals surface area contributed by atoms with Crippen LogP contribution in [0.25, 0.3) is 0 Å². The van der Waals surface area contributed by atoms with Crippen LogP contribution in [0.5, 0.6) is 0 Å². The molecule has 1 rings (SSSR count). The molecule has 1 aliphatic heterocycles.